The third kappa shape index (κ3) is 5.38. The number of thioether (sulfide) groups is 1. The molecule has 7 heteroatoms. The van der Waals surface area contributed by atoms with E-state index in [0.29, 0.717) is 18.3 Å². The van der Waals surface area contributed by atoms with E-state index >= 15 is 0 Å². The molecule has 0 spiro atoms. The maximum Gasteiger partial charge on any atom is 0.234 e. The summed E-state index contributed by atoms with van der Waals surface area (Å²) < 4.78 is 7.94. The van der Waals surface area contributed by atoms with Crippen LogP contribution in [0.15, 0.2) is 47.6 Å². The number of carbonyl (C=O) groups is 1. The predicted molar refractivity (Wildman–Crippen MR) is 116 cm³/mol. The van der Waals surface area contributed by atoms with Crippen LogP contribution in [0.3, 0.4) is 0 Å². The Kier molecular flexibility index (Phi) is 6.93. The zero-order chi connectivity index (χ0) is 20.8. The summed E-state index contributed by atoms with van der Waals surface area (Å²) in [6.07, 6.45) is 0. The molecule has 0 radical (unpaired) electrons. The molecule has 1 heterocycles. The first-order chi connectivity index (χ1) is 14.0. The van der Waals surface area contributed by atoms with Crippen LogP contribution in [-0.2, 0) is 17.9 Å². The van der Waals surface area contributed by atoms with Gasteiger partial charge in [-0.15, -0.1) is 10.2 Å². The molecule has 0 unspecified atom stereocenters. The first-order valence-corrected chi connectivity index (χ1v) is 10.6. The number of nitrogens with zero attached hydrogens (tertiary/aromatic N) is 3. The summed E-state index contributed by atoms with van der Waals surface area (Å²) in [5, 5.41) is 12.1. The molecule has 0 aliphatic rings. The van der Waals surface area contributed by atoms with E-state index in [2.05, 4.69) is 28.5 Å². The van der Waals surface area contributed by atoms with Gasteiger partial charge in [-0.3, -0.25) is 4.79 Å². The van der Waals surface area contributed by atoms with Gasteiger partial charge in [0.25, 0.3) is 0 Å². The molecule has 1 aromatic heterocycles. The van der Waals surface area contributed by atoms with Crippen molar-refractivity contribution in [1.82, 2.24) is 14.8 Å². The number of anilines is 1. The number of aromatic nitrogens is 3. The lowest BCUT2D eigenvalue weighted by Gasteiger charge is -2.11. The number of ether oxygens (including phenoxy) is 1. The van der Waals surface area contributed by atoms with Gasteiger partial charge in [-0.2, -0.15) is 0 Å². The first kappa shape index (κ1) is 20.9. The highest BCUT2D eigenvalue weighted by molar-refractivity contribution is 7.99. The number of amides is 1. The normalized spacial score (nSPS) is 10.8. The summed E-state index contributed by atoms with van der Waals surface area (Å²) in [4.78, 5) is 12.2. The van der Waals surface area contributed by atoms with Gasteiger partial charge in [0.1, 0.15) is 12.4 Å². The summed E-state index contributed by atoms with van der Waals surface area (Å²) in [7, 11) is 0. The van der Waals surface area contributed by atoms with Gasteiger partial charge in [0.05, 0.1) is 5.75 Å². The Balaban J connectivity index is 1.59. The zero-order valence-corrected chi connectivity index (χ0v) is 18.0. The Morgan fingerprint density at radius 1 is 1.10 bits per heavy atom. The second-order valence-corrected chi connectivity index (χ2v) is 7.78. The topological polar surface area (TPSA) is 69.0 Å². The second-order valence-electron chi connectivity index (χ2n) is 6.83. The van der Waals surface area contributed by atoms with E-state index < -0.39 is 0 Å². The maximum absolute atomic E-state index is 12.2. The Labute approximate surface area is 175 Å². The average molecular weight is 411 g/mol. The number of rotatable bonds is 8. The zero-order valence-electron chi connectivity index (χ0n) is 17.2. The van der Waals surface area contributed by atoms with Crippen molar-refractivity contribution in [3.63, 3.8) is 0 Å². The van der Waals surface area contributed by atoms with Crippen molar-refractivity contribution < 1.29 is 9.53 Å². The minimum Gasteiger partial charge on any atom is -0.485 e. The quantitative estimate of drug-likeness (QED) is 0.553. The van der Waals surface area contributed by atoms with E-state index in [1.165, 1.54) is 17.3 Å². The van der Waals surface area contributed by atoms with Crippen LogP contribution < -0.4 is 10.1 Å². The molecule has 1 amide bonds. The van der Waals surface area contributed by atoms with E-state index in [1.54, 1.807) is 0 Å². The Bertz CT molecular complexity index is 983. The van der Waals surface area contributed by atoms with E-state index in [1.807, 2.05) is 61.7 Å². The monoisotopic (exact) mass is 410 g/mol. The number of aryl methyl sites for hydroxylation is 2. The van der Waals surface area contributed by atoms with Crippen LogP contribution in [0.25, 0.3) is 0 Å². The second kappa shape index (κ2) is 9.60. The first-order valence-electron chi connectivity index (χ1n) is 9.58. The number of hydrogen-bond acceptors (Lipinski definition) is 5. The fraction of sp³-hybridized carbons (Fsp3) is 0.318. The molecular weight excluding hydrogens is 384 g/mol. The maximum atomic E-state index is 12.2. The lowest BCUT2D eigenvalue weighted by Crippen LogP contribution is -2.15. The summed E-state index contributed by atoms with van der Waals surface area (Å²) in [5.74, 6) is 1.79. The van der Waals surface area contributed by atoms with Crippen LogP contribution in [0, 0.1) is 20.8 Å². The Morgan fingerprint density at radius 3 is 2.59 bits per heavy atom. The molecule has 0 saturated heterocycles. The predicted octanol–water partition coefficient (Wildman–Crippen LogP) is 4.53. The highest BCUT2D eigenvalue weighted by atomic mass is 32.2. The molecule has 0 atom stereocenters. The lowest BCUT2D eigenvalue weighted by molar-refractivity contribution is -0.113. The summed E-state index contributed by atoms with van der Waals surface area (Å²) >= 11 is 1.37. The van der Waals surface area contributed by atoms with Gasteiger partial charge in [0.15, 0.2) is 11.0 Å². The molecule has 0 aliphatic carbocycles. The third-order valence-corrected chi connectivity index (χ3v) is 5.66. The van der Waals surface area contributed by atoms with Crippen molar-refractivity contribution in [3.8, 4) is 5.75 Å². The number of carbonyl (C=O) groups excluding carboxylic acids is 1. The van der Waals surface area contributed by atoms with Crippen molar-refractivity contribution in [2.45, 2.75) is 46.0 Å². The molecule has 1 N–H and O–H groups in total. The van der Waals surface area contributed by atoms with Gasteiger partial charge in [-0.05, 0) is 57.0 Å². The van der Waals surface area contributed by atoms with Crippen LogP contribution in [0.4, 0.5) is 5.69 Å². The molecule has 0 fully saturated rings. The summed E-state index contributed by atoms with van der Waals surface area (Å²) in [6.45, 7) is 9.19. The molecule has 0 bridgehead atoms. The third-order valence-electron chi connectivity index (χ3n) is 4.69. The van der Waals surface area contributed by atoms with E-state index in [-0.39, 0.29) is 11.7 Å². The molecule has 29 heavy (non-hydrogen) atoms. The summed E-state index contributed by atoms with van der Waals surface area (Å²) in [5.41, 5.74) is 4.26. The van der Waals surface area contributed by atoms with E-state index in [0.717, 1.165) is 28.4 Å². The van der Waals surface area contributed by atoms with Crippen LogP contribution in [-0.4, -0.2) is 26.4 Å². The van der Waals surface area contributed by atoms with Gasteiger partial charge in [-0.1, -0.05) is 41.6 Å². The van der Waals surface area contributed by atoms with E-state index in [9.17, 15) is 4.79 Å². The van der Waals surface area contributed by atoms with Gasteiger partial charge in [0.2, 0.25) is 5.91 Å². The standard InChI is InChI=1S/C22H26N4O2S/c1-5-26-20(13-28-19-8-6-7-16(3)17(19)4)24-25-22(26)29-14-21(27)23-18-11-9-15(2)10-12-18/h6-12H,5,13-14H2,1-4H3,(H,23,27). The van der Waals surface area contributed by atoms with Crippen molar-refractivity contribution in [2.75, 3.05) is 11.1 Å². The van der Waals surface area contributed by atoms with Crippen LogP contribution >= 0.6 is 11.8 Å². The van der Waals surface area contributed by atoms with Crippen LogP contribution in [0.2, 0.25) is 0 Å². The van der Waals surface area contributed by atoms with Gasteiger partial charge < -0.3 is 14.6 Å². The van der Waals surface area contributed by atoms with Crippen LogP contribution in [0.1, 0.15) is 29.4 Å². The molecule has 152 valence electrons. The van der Waals surface area contributed by atoms with Crippen molar-refractivity contribution >= 4 is 23.4 Å². The van der Waals surface area contributed by atoms with Gasteiger partial charge >= 0.3 is 0 Å². The fourth-order valence-corrected chi connectivity index (χ4v) is 3.66. The molecule has 0 saturated carbocycles. The van der Waals surface area contributed by atoms with Crippen molar-refractivity contribution in [2.24, 2.45) is 0 Å². The van der Waals surface area contributed by atoms with Crippen LogP contribution in [0.5, 0.6) is 5.75 Å². The molecule has 3 aromatic rings. The molecule has 0 aliphatic heterocycles. The molecule has 6 nitrogen and oxygen atoms in total. The van der Waals surface area contributed by atoms with Gasteiger partial charge in [0, 0.05) is 12.2 Å². The Morgan fingerprint density at radius 2 is 1.86 bits per heavy atom. The highest BCUT2D eigenvalue weighted by Gasteiger charge is 2.14. The Hall–Kier alpha value is -2.80. The number of hydrogen-bond donors (Lipinski definition) is 1. The van der Waals surface area contributed by atoms with Crippen molar-refractivity contribution in [3.05, 3.63) is 65.0 Å². The lowest BCUT2D eigenvalue weighted by atomic mass is 10.1. The summed E-state index contributed by atoms with van der Waals surface area (Å²) in [6, 6.07) is 13.7. The average Bonchev–Trinajstić information content (AvgIpc) is 3.11. The SMILES string of the molecule is CCn1c(COc2cccc(C)c2C)nnc1SCC(=O)Nc1ccc(C)cc1. The van der Waals surface area contributed by atoms with Gasteiger partial charge in [-0.25, -0.2) is 0 Å². The fourth-order valence-electron chi connectivity index (χ4n) is 2.84. The largest absolute Gasteiger partial charge is 0.485 e. The van der Waals surface area contributed by atoms with Crippen molar-refractivity contribution in [1.29, 1.82) is 0 Å². The van der Waals surface area contributed by atoms with E-state index in [4.69, 9.17) is 4.74 Å². The molecule has 2 aromatic carbocycles. The minimum atomic E-state index is -0.0716. The highest BCUT2D eigenvalue weighted by Crippen LogP contribution is 2.23. The number of nitrogens with one attached hydrogen (secondary N) is 1. The molecular formula is C22H26N4O2S. The number of benzene rings is 2. The minimum absolute atomic E-state index is 0.0716. The smallest absolute Gasteiger partial charge is 0.234 e. The molecule has 3 rings (SSSR count).